The van der Waals surface area contributed by atoms with E-state index in [0.717, 1.165) is 12.1 Å². The van der Waals surface area contributed by atoms with Gasteiger partial charge in [0.1, 0.15) is 0 Å². The van der Waals surface area contributed by atoms with Crippen molar-refractivity contribution in [3.63, 3.8) is 0 Å². The van der Waals surface area contributed by atoms with Crippen LogP contribution in [0.4, 0.5) is 19.3 Å². The van der Waals surface area contributed by atoms with Gasteiger partial charge in [0.25, 0.3) is 0 Å². The lowest BCUT2D eigenvalue weighted by Gasteiger charge is -2.21. The molecule has 0 radical (unpaired) electrons. The predicted octanol–water partition coefficient (Wildman–Crippen LogP) is 3.08. The number of nitrogens with zero attached hydrogens (tertiary/aromatic N) is 1. The van der Waals surface area contributed by atoms with Gasteiger partial charge in [0.2, 0.25) is 0 Å². The highest BCUT2D eigenvalue weighted by atomic mass is 19.1. The average Bonchev–Trinajstić information content (AvgIpc) is 2.87. The first-order valence-electron chi connectivity index (χ1n) is 7.57. The number of anilines is 1. The number of hydrogen-bond acceptors (Lipinski definition) is 3. The molecule has 1 aromatic carbocycles. The third-order valence-electron chi connectivity index (χ3n) is 3.88. The number of urea groups is 1. The number of nitrogens with one attached hydrogen (secondary N) is 1. The van der Waals surface area contributed by atoms with Gasteiger partial charge in [0.05, 0.1) is 11.5 Å². The minimum atomic E-state index is -1.01. The van der Waals surface area contributed by atoms with Gasteiger partial charge in [-0.3, -0.25) is 4.79 Å². The number of amides is 2. The van der Waals surface area contributed by atoms with Crippen molar-refractivity contribution in [3.05, 3.63) is 23.8 Å². The zero-order valence-corrected chi connectivity index (χ0v) is 13.7. The standard InChI is InChI=1S/C16H20F2N2O4/c1-9(2)24-13-11(17)6-10(7-12(13)18)19-15(23)20-5-4-16(3,8-20)14(21)22/h6-7,9H,4-5,8H2,1-3H3,(H,19,23)(H,21,22). The van der Waals surface area contributed by atoms with E-state index >= 15 is 0 Å². The second-order valence-corrected chi connectivity index (χ2v) is 6.40. The van der Waals surface area contributed by atoms with E-state index in [0.29, 0.717) is 6.42 Å². The maximum absolute atomic E-state index is 13.9. The quantitative estimate of drug-likeness (QED) is 0.881. The Morgan fingerprint density at radius 3 is 2.38 bits per heavy atom. The van der Waals surface area contributed by atoms with Gasteiger partial charge in [-0.25, -0.2) is 13.6 Å². The van der Waals surface area contributed by atoms with E-state index in [1.54, 1.807) is 20.8 Å². The highest BCUT2D eigenvalue weighted by Gasteiger charge is 2.42. The number of halogens is 2. The number of rotatable bonds is 4. The molecule has 0 aliphatic carbocycles. The second-order valence-electron chi connectivity index (χ2n) is 6.40. The molecule has 1 aliphatic rings. The predicted molar refractivity (Wildman–Crippen MR) is 83.1 cm³/mol. The van der Waals surface area contributed by atoms with Crippen molar-refractivity contribution in [2.75, 3.05) is 18.4 Å². The first kappa shape index (κ1) is 18.0. The van der Waals surface area contributed by atoms with Crippen LogP contribution in [0.3, 0.4) is 0 Å². The molecule has 1 atom stereocenters. The zero-order valence-electron chi connectivity index (χ0n) is 13.7. The largest absolute Gasteiger partial charge is 0.485 e. The Labute approximate surface area is 138 Å². The molecule has 0 bridgehead atoms. The molecule has 6 nitrogen and oxygen atoms in total. The average molecular weight is 342 g/mol. The summed E-state index contributed by atoms with van der Waals surface area (Å²) in [4.78, 5) is 24.7. The highest BCUT2D eigenvalue weighted by Crippen LogP contribution is 2.31. The molecule has 1 heterocycles. The number of likely N-dealkylation sites (tertiary alicyclic amines) is 1. The van der Waals surface area contributed by atoms with Crippen molar-refractivity contribution >= 4 is 17.7 Å². The van der Waals surface area contributed by atoms with Gasteiger partial charge in [-0.15, -0.1) is 0 Å². The van der Waals surface area contributed by atoms with Crippen LogP contribution in [0.15, 0.2) is 12.1 Å². The van der Waals surface area contributed by atoms with Crippen LogP contribution >= 0.6 is 0 Å². The van der Waals surface area contributed by atoms with Crippen LogP contribution < -0.4 is 10.1 Å². The Bertz CT molecular complexity index is 642. The summed E-state index contributed by atoms with van der Waals surface area (Å²) in [5, 5.41) is 11.5. The molecule has 2 N–H and O–H groups in total. The second kappa shape index (κ2) is 6.62. The molecule has 132 valence electrons. The van der Waals surface area contributed by atoms with E-state index in [9.17, 15) is 18.4 Å². The first-order valence-corrected chi connectivity index (χ1v) is 7.57. The van der Waals surface area contributed by atoms with Gasteiger partial charge in [0, 0.05) is 30.9 Å². The summed E-state index contributed by atoms with van der Waals surface area (Å²) in [6.45, 7) is 5.13. The fourth-order valence-electron chi connectivity index (χ4n) is 2.49. The number of aliphatic carboxylic acids is 1. The molecule has 2 amide bonds. The fourth-order valence-corrected chi connectivity index (χ4v) is 2.49. The summed E-state index contributed by atoms with van der Waals surface area (Å²) in [6.07, 6.45) is -0.0765. The number of hydrogen-bond donors (Lipinski definition) is 2. The molecule has 2 rings (SSSR count). The molecule has 8 heteroatoms. The van der Waals surface area contributed by atoms with E-state index in [-0.39, 0.29) is 18.8 Å². The summed E-state index contributed by atoms with van der Waals surface area (Å²) < 4.78 is 32.9. The topological polar surface area (TPSA) is 78.9 Å². The summed E-state index contributed by atoms with van der Waals surface area (Å²) in [6, 6.07) is 1.33. The third kappa shape index (κ3) is 3.74. The third-order valence-corrected chi connectivity index (χ3v) is 3.88. The number of carbonyl (C=O) groups is 2. The molecule has 0 aromatic heterocycles. The lowest BCUT2D eigenvalue weighted by molar-refractivity contribution is -0.146. The van der Waals surface area contributed by atoms with Gasteiger partial charge in [-0.2, -0.15) is 0 Å². The Morgan fingerprint density at radius 2 is 1.92 bits per heavy atom. The van der Waals surface area contributed by atoms with Crippen LogP contribution in [0.5, 0.6) is 5.75 Å². The number of benzene rings is 1. The summed E-state index contributed by atoms with van der Waals surface area (Å²) in [7, 11) is 0. The highest BCUT2D eigenvalue weighted by molar-refractivity contribution is 5.90. The molecule has 24 heavy (non-hydrogen) atoms. The van der Waals surface area contributed by atoms with E-state index in [1.165, 1.54) is 4.90 Å². The Balaban J connectivity index is 2.09. The van der Waals surface area contributed by atoms with E-state index < -0.39 is 40.9 Å². The van der Waals surface area contributed by atoms with Gasteiger partial charge in [0.15, 0.2) is 17.4 Å². The normalized spacial score (nSPS) is 20.3. The van der Waals surface area contributed by atoms with Gasteiger partial charge in [-0.05, 0) is 27.2 Å². The molecule has 1 aromatic rings. The van der Waals surface area contributed by atoms with Crippen molar-refractivity contribution < 1.29 is 28.2 Å². The molecule has 1 saturated heterocycles. The molecular formula is C16H20F2N2O4. The van der Waals surface area contributed by atoms with Crippen molar-refractivity contribution in [3.8, 4) is 5.75 Å². The fraction of sp³-hybridized carbons (Fsp3) is 0.500. The van der Waals surface area contributed by atoms with Crippen LogP contribution in [0.1, 0.15) is 27.2 Å². The minimum absolute atomic E-state index is 0.0354. The monoisotopic (exact) mass is 342 g/mol. The minimum Gasteiger partial charge on any atom is -0.485 e. The van der Waals surface area contributed by atoms with Crippen LogP contribution in [0.2, 0.25) is 0 Å². The Kier molecular flexibility index (Phi) is 4.96. The van der Waals surface area contributed by atoms with Gasteiger partial charge >= 0.3 is 12.0 Å². The van der Waals surface area contributed by atoms with Crippen molar-refractivity contribution in [1.82, 2.24) is 4.90 Å². The number of carboxylic acid groups (broad SMARTS) is 1. The maximum Gasteiger partial charge on any atom is 0.321 e. The summed E-state index contributed by atoms with van der Waals surface area (Å²) in [5.74, 6) is -3.32. The number of carboxylic acids is 1. The lowest BCUT2D eigenvalue weighted by atomic mass is 9.90. The lowest BCUT2D eigenvalue weighted by Crippen LogP contribution is -2.37. The van der Waals surface area contributed by atoms with Crippen LogP contribution in [-0.2, 0) is 4.79 Å². The number of carbonyl (C=O) groups excluding carboxylic acids is 1. The van der Waals surface area contributed by atoms with Crippen molar-refractivity contribution in [2.45, 2.75) is 33.3 Å². The molecule has 0 spiro atoms. The van der Waals surface area contributed by atoms with Crippen molar-refractivity contribution in [1.29, 1.82) is 0 Å². The van der Waals surface area contributed by atoms with Gasteiger partial charge < -0.3 is 20.1 Å². The van der Waals surface area contributed by atoms with Crippen LogP contribution in [0, 0.1) is 17.0 Å². The SMILES string of the molecule is CC(C)Oc1c(F)cc(NC(=O)N2CCC(C)(C(=O)O)C2)cc1F. The maximum atomic E-state index is 13.9. The first-order chi connectivity index (χ1) is 11.1. The summed E-state index contributed by atoms with van der Waals surface area (Å²) >= 11 is 0. The Hall–Kier alpha value is -2.38. The van der Waals surface area contributed by atoms with Crippen LogP contribution in [-0.4, -0.2) is 41.2 Å². The van der Waals surface area contributed by atoms with Crippen molar-refractivity contribution in [2.24, 2.45) is 5.41 Å². The van der Waals surface area contributed by atoms with E-state index in [1.807, 2.05) is 0 Å². The molecule has 1 unspecified atom stereocenters. The Morgan fingerprint density at radius 1 is 1.33 bits per heavy atom. The van der Waals surface area contributed by atoms with Gasteiger partial charge in [-0.1, -0.05) is 0 Å². The molecule has 1 fully saturated rings. The summed E-state index contributed by atoms with van der Waals surface area (Å²) in [5.41, 5.74) is -1.07. The molecular weight excluding hydrogens is 322 g/mol. The van der Waals surface area contributed by atoms with E-state index in [2.05, 4.69) is 5.32 Å². The molecule has 0 saturated carbocycles. The van der Waals surface area contributed by atoms with Crippen LogP contribution in [0.25, 0.3) is 0 Å². The number of ether oxygens (including phenoxy) is 1. The molecule has 1 aliphatic heterocycles. The zero-order chi connectivity index (χ0) is 18.1. The van der Waals surface area contributed by atoms with E-state index in [4.69, 9.17) is 9.84 Å². The smallest absolute Gasteiger partial charge is 0.321 e.